The number of fused-ring (bicyclic) bond motifs is 4. The van der Waals surface area contributed by atoms with Crippen molar-refractivity contribution in [2.45, 2.75) is 65.7 Å². The van der Waals surface area contributed by atoms with Gasteiger partial charge in [0.25, 0.3) is 0 Å². The summed E-state index contributed by atoms with van der Waals surface area (Å²) in [5.74, 6) is 4.03. The number of rotatable bonds is 0. The summed E-state index contributed by atoms with van der Waals surface area (Å²) in [6.07, 6.45) is 10.4. The molecule has 3 unspecified atom stereocenters. The van der Waals surface area contributed by atoms with E-state index in [9.17, 15) is 0 Å². The van der Waals surface area contributed by atoms with E-state index in [1.165, 1.54) is 44.9 Å². The molecule has 0 aliphatic heterocycles. The molecule has 0 spiro atoms. The van der Waals surface area contributed by atoms with E-state index < -0.39 is 0 Å². The SMILES string of the molecule is CC12CCC[C](C1)C1CC(C)(C)C1CC2. The van der Waals surface area contributed by atoms with Crippen LogP contribution >= 0.6 is 0 Å². The van der Waals surface area contributed by atoms with Crippen molar-refractivity contribution in [3.63, 3.8) is 0 Å². The Morgan fingerprint density at radius 2 is 1.93 bits per heavy atom. The van der Waals surface area contributed by atoms with Crippen molar-refractivity contribution in [1.29, 1.82) is 0 Å². The molecule has 85 valence electrons. The first-order chi connectivity index (χ1) is 7.00. The van der Waals surface area contributed by atoms with Crippen LogP contribution in [0.3, 0.4) is 0 Å². The van der Waals surface area contributed by atoms with E-state index in [1.54, 1.807) is 0 Å². The normalized spacial score (nSPS) is 49.0. The highest BCUT2D eigenvalue weighted by molar-refractivity contribution is 5.15. The monoisotopic (exact) mass is 205 g/mol. The molecule has 3 atom stereocenters. The minimum atomic E-state index is 0.658. The van der Waals surface area contributed by atoms with Gasteiger partial charge in [0.2, 0.25) is 0 Å². The van der Waals surface area contributed by atoms with Crippen molar-refractivity contribution in [2.75, 3.05) is 0 Å². The molecule has 0 aromatic carbocycles. The van der Waals surface area contributed by atoms with E-state index in [1.807, 2.05) is 5.92 Å². The van der Waals surface area contributed by atoms with Gasteiger partial charge < -0.3 is 0 Å². The van der Waals surface area contributed by atoms with E-state index in [-0.39, 0.29) is 0 Å². The molecule has 1 radical (unpaired) electrons. The third kappa shape index (κ3) is 1.47. The Hall–Kier alpha value is 0. The van der Waals surface area contributed by atoms with Crippen LogP contribution in [0.25, 0.3) is 0 Å². The molecule has 0 nitrogen and oxygen atoms in total. The highest BCUT2D eigenvalue weighted by Crippen LogP contribution is 2.63. The molecule has 0 aromatic heterocycles. The van der Waals surface area contributed by atoms with Crippen molar-refractivity contribution < 1.29 is 0 Å². The first kappa shape index (κ1) is 10.2. The highest BCUT2D eigenvalue weighted by Gasteiger charge is 2.54. The molecule has 0 heterocycles. The summed E-state index contributed by atoms with van der Waals surface area (Å²) in [5, 5.41) is 0. The molecule has 3 fully saturated rings. The molecule has 0 N–H and O–H groups in total. The Morgan fingerprint density at radius 3 is 2.67 bits per heavy atom. The number of hydrogen-bond donors (Lipinski definition) is 0. The largest absolute Gasteiger partial charge is 0.0596 e. The second kappa shape index (κ2) is 3.02. The summed E-state index contributed by atoms with van der Waals surface area (Å²) < 4.78 is 0. The van der Waals surface area contributed by atoms with Gasteiger partial charge in [-0.25, -0.2) is 0 Å². The topological polar surface area (TPSA) is 0 Å². The maximum atomic E-state index is 2.55. The lowest BCUT2D eigenvalue weighted by Crippen LogP contribution is -2.46. The zero-order chi connectivity index (χ0) is 10.7. The Labute approximate surface area is 94.8 Å². The maximum Gasteiger partial charge on any atom is -0.0201 e. The third-order valence-corrected chi connectivity index (χ3v) is 5.75. The lowest BCUT2D eigenvalue weighted by atomic mass is 9.51. The molecule has 0 saturated heterocycles. The first-order valence-electron chi connectivity index (χ1n) is 6.85. The highest BCUT2D eigenvalue weighted by atomic mass is 14.6. The first-order valence-corrected chi connectivity index (χ1v) is 6.85. The van der Waals surface area contributed by atoms with E-state index in [2.05, 4.69) is 20.8 Å². The molecule has 3 aliphatic carbocycles. The predicted octanol–water partition coefficient (Wildman–Crippen LogP) is 4.60. The fourth-order valence-corrected chi connectivity index (χ4v) is 4.77. The fourth-order valence-electron chi connectivity index (χ4n) is 4.77. The van der Waals surface area contributed by atoms with Crippen molar-refractivity contribution in [3.8, 4) is 0 Å². The van der Waals surface area contributed by atoms with Crippen LogP contribution in [0.5, 0.6) is 0 Å². The molecule has 2 bridgehead atoms. The summed E-state index contributed by atoms with van der Waals surface area (Å²) in [4.78, 5) is 0. The van der Waals surface area contributed by atoms with Crippen LogP contribution in [0.15, 0.2) is 0 Å². The van der Waals surface area contributed by atoms with E-state index in [0.29, 0.717) is 10.8 Å². The van der Waals surface area contributed by atoms with Crippen LogP contribution in [-0.2, 0) is 0 Å². The predicted molar refractivity (Wildman–Crippen MR) is 64.4 cm³/mol. The molecule has 0 aromatic rings. The van der Waals surface area contributed by atoms with Crippen molar-refractivity contribution in [3.05, 3.63) is 5.92 Å². The van der Waals surface area contributed by atoms with Crippen molar-refractivity contribution in [2.24, 2.45) is 22.7 Å². The van der Waals surface area contributed by atoms with Gasteiger partial charge >= 0.3 is 0 Å². The van der Waals surface area contributed by atoms with Gasteiger partial charge in [0.1, 0.15) is 0 Å². The molecule has 15 heavy (non-hydrogen) atoms. The summed E-state index contributed by atoms with van der Waals surface area (Å²) >= 11 is 0. The van der Waals surface area contributed by atoms with Crippen LogP contribution in [0.1, 0.15) is 65.7 Å². The Morgan fingerprint density at radius 1 is 1.13 bits per heavy atom. The van der Waals surface area contributed by atoms with Crippen LogP contribution in [0, 0.1) is 28.6 Å². The van der Waals surface area contributed by atoms with Crippen LogP contribution in [0.2, 0.25) is 0 Å². The average Bonchev–Trinajstić information content (AvgIpc) is 2.21. The van der Waals surface area contributed by atoms with Gasteiger partial charge in [-0.15, -0.1) is 0 Å². The number of hydrogen-bond acceptors (Lipinski definition) is 0. The molecule has 0 heteroatoms. The van der Waals surface area contributed by atoms with Gasteiger partial charge in [0.05, 0.1) is 0 Å². The molecule has 3 aliphatic rings. The molecular formula is C15H25. The average molecular weight is 205 g/mol. The van der Waals surface area contributed by atoms with Crippen LogP contribution < -0.4 is 0 Å². The zero-order valence-corrected chi connectivity index (χ0v) is 10.6. The Kier molecular flexibility index (Phi) is 2.05. The van der Waals surface area contributed by atoms with Crippen LogP contribution in [0.4, 0.5) is 0 Å². The second-order valence-corrected chi connectivity index (χ2v) is 7.44. The third-order valence-electron chi connectivity index (χ3n) is 5.75. The lowest BCUT2D eigenvalue weighted by molar-refractivity contribution is -0.00685. The fraction of sp³-hybridized carbons (Fsp3) is 0.933. The summed E-state index contributed by atoms with van der Waals surface area (Å²) in [6.45, 7) is 7.53. The van der Waals surface area contributed by atoms with E-state index >= 15 is 0 Å². The summed E-state index contributed by atoms with van der Waals surface area (Å²) in [5.41, 5.74) is 1.35. The van der Waals surface area contributed by atoms with Gasteiger partial charge in [-0.2, -0.15) is 0 Å². The van der Waals surface area contributed by atoms with Gasteiger partial charge in [0.15, 0.2) is 0 Å². The molecule has 3 rings (SSSR count). The second-order valence-electron chi connectivity index (χ2n) is 7.44. The quantitative estimate of drug-likeness (QED) is 0.542. The summed E-state index contributed by atoms with van der Waals surface area (Å²) in [6, 6.07) is 0. The maximum absolute atomic E-state index is 2.55. The van der Waals surface area contributed by atoms with Gasteiger partial charge in [-0.1, -0.05) is 27.2 Å². The van der Waals surface area contributed by atoms with Gasteiger partial charge in [-0.05, 0) is 67.1 Å². The van der Waals surface area contributed by atoms with E-state index in [4.69, 9.17) is 0 Å². The van der Waals surface area contributed by atoms with Crippen molar-refractivity contribution >= 4 is 0 Å². The van der Waals surface area contributed by atoms with Gasteiger partial charge in [0, 0.05) is 0 Å². The van der Waals surface area contributed by atoms with Crippen molar-refractivity contribution in [1.82, 2.24) is 0 Å². The Bertz CT molecular complexity index is 265. The molecule has 0 amide bonds. The minimum absolute atomic E-state index is 0.658. The summed E-state index contributed by atoms with van der Waals surface area (Å²) in [7, 11) is 0. The molecule has 3 saturated carbocycles. The van der Waals surface area contributed by atoms with Crippen LogP contribution in [-0.4, -0.2) is 0 Å². The minimum Gasteiger partial charge on any atom is -0.0596 e. The lowest BCUT2D eigenvalue weighted by Gasteiger charge is -2.54. The molecular weight excluding hydrogens is 180 g/mol. The smallest absolute Gasteiger partial charge is 0.0201 e. The van der Waals surface area contributed by atoms with E-state index in [0.717, 1.165) is 11.8 Å². The van der Waals surface area contributed by atoms with Gasteiger partial charge in [-0.3, -0.25) is 0 Å². The standard InChI is InChI=1S/C15H25/c1-14(2)10-12-11-5-4-7-15(3,9-11)8-6-13(12)14/h12-13H,4-10H2,1-3H3. The zero-order valence-electron chi connectivity index (χ0n) is 10.6. The Balaban J connectivity index is 1.84.